The second kappa shape index (κ2) is 10.4. The average molecular weight is 487 g/mol. The lowest BCUT2D eigenvalue weighted by Crippen LogP contribution is -2.43. The Morgan fingerprint density at radius 3 is 2.70 bits per heavy atom. The number of nitrogens with zero attached hydrogens (tertiary/aromatic N) is 6. The van der Waals surface area contributed by atoms with E-state index in [-0.39, 0.29) is 30.0 Å². The van der Waals surface area contributed by atoms with Crippen LogP contribution in [0, 0.1) is 0 Å². The van der Waals surface area contributed by atoms with Gasteiger partial charge in [-0.1, -0.05) is 12.2 Å². The Morgan fingerprint density at radius 2 is 2.11 bits per heavy atom. The summed E-state index contributed by atoms with van der Waals surface area (Å²) >= 11 is 0. The highest BCUT2D eigenvalue weighted by atomic mass is 127. The van der Waals surface area contributed by atoms with Crippen LogP contribution < -0.4 is 5.32 Å². The number of halogens is 1. The van der Waals surface area contributed by atoms with Crippen molar-refractivity contribution in [2.24, 2.45) is 12.0 Å². The van der Waals surface area contributed by atoms with Gasteiger partial charge < -0.3 is 15.1 Å². The minimum Gasteiger partial charge on any atom is -0.357 e. The molecule has 27 heavy (non-hydrogen) atoms. The number of aliphatic imine (C=N–C) groups is 1. The zero-order valence-corrected chi connectivity index (χ0v) is 19.3. The maximum Gasteiger partial charge on any atom is 0.194 e. The Hall–Kier alpha value is -1.13. The molecule has 0 spiro atoms. The van der Waals surface area contributed by atoms with Crippen molar-refractivity contribution in [3.63, 3.8) is 0 Å². The van der Waals surface area contributed by atoms with Crippen molar-refractivity contribution in [1.29, 1.82) is 0 Å². The molecule has 1 fully saturated rings. The molecule has 1 aromatic rings. The number of nitrogens with one attached hydrogen (secondary N) is 1. The summed E-state index contributed by atoms with van der Waals surface area (Å²) < 4.78 is 1.86. The zero-order valence-electron chi connectivity index (χ0n) is 17.0. The van der Waals surface area contributed by atoms with E-state index >= 15 is 0 Å². The van der Waals surface area contributed by atoms with E-state index in [1.807, 2.05) is 17.9 Å². The smallest absolute Gasteiger partial charge is 0.194 e. The van der Waals surface area contributed by atoms with Crippen LogP contribution in [-0.4, -0.2) is 89.8 Å². The molecule has 0 aromatic carbocycles. The number of hydrogen-bond donors (Lipinski definition) is 1. The van der Waals surface area contributed by atoms with Gasteiger partial charge in [-0.05, 0) is 27.4 Å². The quantitative estimate of drug-likeness (QED) is 0.286. The van der Waals surface area contributed by atoms with Gasteiger partial charge in [-0.3, -0.25) is 14.6 Å². The number of likely N-dealkylation sites (N-methyl/N-ethyl adjacent to an activating group) is 1. The zero-order chi connectivity index (χ0) is 18.5. The summed E-state index contributed by atoms with van der Waals surface area (Å²) in [5.74, 6) is 1.04. The predicted molar refractivity (Wildman–Crippen MR) is 122 cm³/mol. The van der Waals surface area contributed by atoms with Crippen LogP contribution in [0.1, 0.15) is 24.9 Å². The van der Waals surface area contributed by atoms with Crippen molar-refractivity contribution in [2.45, 2.75) is 25.4 Å². The van der Waals surface area contributed by atoms with Crippen molar-refractivity contribution in [1.82, 2.24) is 29.8 Å². The summed E-state index contributed by atoms with van der Waals surface area (Å²) in [6.07, 6.45) is 9.79. The van der Waals surface area contributed by atoms with E-state index in [1.54, 1.807) is 0 Å². The molecular weight excluding hydrogens is 453 g/mol. The van der Waals surface area contributed by atoms with Gasteiger partial charge in [0.2, 0.25) is 0 Å². The number of likely N-dealkylation sites (tertiary alicyclic amines) is 1. The molecule has 3 rings (SSSR count). The van der Waals surface area contributed by atoms with Gasteiger partial charge in [-0.2, -0.15) is 5.10 Å². The van der Waals surface area contributed by atoms with E-state index in [0.717, 1.165) is 45.2 Å². The maximum atomic E-state index is 4.98. The monoisotopic (exact) mass is 487 g/mol. The molecule has 2 aliphatic heterocycles. The van der Waals surface area contributed by atoms with E-state index in [0.29, 0.717) is 6.04 Å². The van der Waals surface area contributed by atoms with Crippen molar-refractivity contribution in [3.05, 3.63) is 30.1 Å². The molecule has 0 bridgehead atoms. The Bertz CT molecular complexity index is 632. The molecule has 0 saturated carbocycles. The number of aromatic nitrogens is 2. The summed E-state index contributed by atoms with van der Waals surface area (Å²) in [4.78, 5) is 12.2. The predicted octanol–water partition coefficient (Wildman–Crippen LogP) is 1.55. The molecule has 3 heterocycles. The summed E-state index contributed by atoms with van der Waals surface area (Å²) in [5.41, 5.74) is 1.21. The van der Waals surface area contributed by atoms with E-state index in [2.05, 4.69) is 64.5 Å². The molecule has 2 unspecified atom stereocenters. The lowest BCUT2D eigenvalue weighted by molar-refractivity contribution is 0.259. The molecule has 1 saturated heterocycles. The average Bonchev–Trinajstić information content (AvgIpc) is 3.35. The number of guanidine groups is 1. The minimum absolute atomic E-state index is 0. The fourth-order valence-electron chi connectivity index (χ4n) is 3.80. The number of aryl methyl sites for hydroxylation is 1. The third-order valence-corrected chi connectivity index (χ3v) is 5.31. The topological polar surface area (TPSA) is 51.9 Å². The van der Waals surface area contributed by atoms with Gasteiger partial charge in [0.1, 0.15) is 0 Å². The van der Waals surface area contributed by atoms with Gasteiger partial charge >= 0.3 is 0 Å². The molecule has 0 radical (unpaired) electrons. The molecule has 2 atom stereocenters. The highest BCUT2D eigenvalue weighted by molar-refractivity contribution is 14.0. The SMILES string of the molecule is CCNC(=NCC(c1cnn(C)c1)N(C)C)N1CCC(N2CC=CC2)C1.I. The van der Waals surface area contributed by atoms with Crippen molar-refractivity contribution < 1.29 is 0 Å². The van der Waals surface area contributed by atoms with Crippen molar-refractivity contribution in [2.75, 3.05) is 53.4 Å². The normalized spacial score (nSPS) is 21.7. The molecule has 8 heteroatoms. The second-order valence-electron chi connectivity index (χ2n) is 7.44. The van der Waals surface area contributed by atoms with Crippen LogP contribution in [0.15, 0.2) is 29.5 Å². The Labute approximate surface area is 180 Å². The Morgan fingerprint density at radius 1 is 1.37 bits per heavy atom. The second-order valence-corrected chi connectivity index (χ2v) is 7.44. The summed E-state index contributed by atoms with van der Waals surface area (Å²) in [6.45, 7) is 8.08. The van der Waals surface area contributed by atoms with Crippen molar-refractivity contribution >= 4 is 29.9 Å². The molecule has 0 amide bonds. The first-order chi connectivity index (χ1) is 12.6. The molecule has 152 valence electrons. The van der Waals surface area contributed by atoms with E-state index in [9.17, 15) is 0 Å². The van der Waals surface area contributed by atoms with E-state index in [1.165, 1.54) is 12.0 Å². The highest BCUT2D eigenvalue weighted by Crippen LogP contribution is 2.20. The first kappa shape index (κ1) is 22.2. The Balaban J connectivity index is 0.00000261. The fraction of sp³-hybridized carbons (Fsp3) is 0.684. The first-order valence-electron chi connectivity index (χ1n) is 9.65. The molecular formula is C19H34IN7. The standard InChI is InChI=1S/C19H33N7.HI/c1-5-20-19(26-11-8-17(15-26)25-9-6-7-10-25)21-13-18(23(2)3)16-12-22-24(4)14-16;/h6-7,12,14,17-18H,5,8-11,13,15H2,1-4H3,(H,20,21);1H. The van der Waals surface area contributed by atoms with Crippen LogP contribution >= 0.6 is 24.0 Å². The van der Waals surface area contributed by atoms with Gasteiger partial charge in [-0.15, -0.1) is 24.0 Å². The summed E-state index contributed by atoms with van der Waals surface area (Å²) in [7, 11) is 6.17. The summed E-state index contributed by atoms with van der Waals surface area (Å²) in [6, 6.07) is 0.871. The largest absolute Gasteiger partial charge is 0.357 e. The van der Waals surface area contributed by atoms with Crippen LogP contribution in [0.3, 0.4) is 0 Å². The number of hydrogen-bond acceptors (Lipinski definition) is 4. The van der Waals surface area contributed by atoms with Crippen LogP contribution in [0.25, 0.3) is 0 Å². The lowest BCUT2D eigenvalue weighted by atomic mass is 10.1. The van der Waals surface area contributed by atoms with Crippen LogP contribution in [0.4, 0.5) is 0 Å². The third-order valence-electron chi connectivity index (χ3n) is 5.31. The third kappa shape index (κ3) is 5.68. The first-order valence-corrected chi connectivity index (χ1v) is 9.65. The van der Waals surface area contributed by atoms with Gasteiger partial charge in [0.25, 0.3) is 0 Å². The molecule has 7 nitrogen and oxygen atoms in total. The lowest BCUT2D eigenvalue weighted by Gasteiger charge is -2.26. The molecule has 2 aliphatic rings. The number of rotatable bonds is 6. The van der Waals surface area contributed by atoms with E-state index < -0.39 is 0 Å². The fourth-order valence-corrected chi connectivity index (χ4v) is 3.80. The van der Waals surface area contributed by atoms with Gasteiger partial charge in [0, 0.05) is 57.6 Å². The highest BCUT2D eigenvalue weighted by Gasteiger charge is 2.29. The van der Waals surface area contributed by atoms with Gasteiger partial charge in [-0.25, -0.2) is 0 Å². The maximum absolute atomic E-state index is 4.98. The minimum atomic E-state index is 0. The van der Waals surface area contributed by atoms with Gasteiger partial charge in [0.05, 0.1) is 18.8 Å². The van der Waals surface area contributed by atoms with Crippen LogP contribution in [0.5, 0.6) is 0 Å². The summed E-state index contributed by atoms with van der Waals surface area (Å²) in [5, 5.41) is 7.81. The van der Waals surface area contributed by atoms with Crippen molar-refractivity contribution in [3.8, 4) is 0 Å². The van der Waals surface area contributed by atoms with Gasteiger partial charge in [0.15, 0.2) is 5.96 Å². The molecule has 1 N–H and O–H groups in total. The Kier molecular flexibility index (Phi) is 8.56. The van der Waals surface area contributed by atoms with Crippen LogP contribution in [0.2, 0.25) is 0 Å². The van der Waals surface area contributed by atoms with E-state index in [4.69, 9.17) is 4.99 Å². The molecule has 0 aliphatic carbocycles. The van der Waals surface area contributed by atoms with Crippen LogP contribution in [-0.2, 0) is 7.05 Å². The molecule has 1 aromatic heterocycles.